The number of anilines is 3. The van der Waals surface area contributed by atoms with Gasteiger partial charge in [0, 0.05) is 69.8 Å². The molecule has 2 amide bonds. The van der Waals surface area contributed by atoms with Crippen LogP contribution in [0.1, 0.15) is 5.69 Å². The van der Waals surface area contributed by atoms with Gasteiger partial charge in [-0.05, 0) is 36.9 Å². The van der Waals surface area contributed by atoms with Crippen LogP contribution in [0, 0.1) is 6.92 Å². The fourth-order valence-corrected chi connectivity index (χ4v) is 4.45. The zero-order valence-electron chi connectivity index (χ0n) is 19.4. The van der Waals surface area contributed by atoms with Crippen molar-refractivity contribution < 1.29 is 4.79 Å². The van der Waals surface area contributed by atoms with Crippen molar-refractivity contribution in [3.8, 4) is 0 Å². The van der Waals surface area contributed by atoms with Gasteiger partial charge in [-0.3, -0.25) is 0 Å². The molecule has 3 heterocycles. The lowest BCUT2D eigenvalue weighted by Gasteiger charge is -2.36. The summed E-state index contributed by atoms with van der Waals surface area (Å²) in [4.78, 5) is 31.1. The Kier molecular flexibility index (Phi) is 6.00. The van der Waals surface area contributed by atoms with Gasteiger partial charge in [0.15, 0.2) is 0 Å². The van der Waals surface area contributed by atoms with E-state index in [0.717, 1.165) is 67.8 Å². The molecule has 2 fully saturated rings. The molecule has 0 bridgehead atoms. The molecule has 2 aromatic carbocycles. The molecular formula is C25H31N7O. The lowest BCUT2D eigenvalue weighted by molar-refractivity contribution is 0.208. The number of nitrogens with zero attached hydrogens (tertiary/aromatic N) is 6. The van der Waals surface area contributed by atoms with Crippen LogP contribution in [-0.4, -0.2) is 85.2 Å². The molecule has 2 aliphatic rings. The van der Waals surface area contributed by atoms with Crippen LogP contribution in [0.15, 0.2) is 48.5 Å². The summed E-state index contributed by atoms with van der Waals surface area (Å²) in [7, 11) is 2.16. The van der Waals surface area contributed by atoms with Crippen LogP contribution >= 0.6 is 0 Å². The number of hydrogen-bond donors (Lipinski definition) is 1. The largest absolute Gasteiger partial charge is 0.354 e. The van der Waals surface area contributed by atoms with Crippen LogP contribution in [0.5, 0.6) is 0 Å². The van der Waals surface area contributed by atoms with Crippen LogP contribution in [-0.2, 0) is 0 Å². The van der Waals surface area contributed by atoms with Crippen LogP contribution in [0.2, 0.25) is 0 Å². The number of carbonyl (C=O) groups excluding carboxylic acids is 1. The van der Waals surface area contributed by atoms with Gasteiger partial charge in [-0.1, -0.05) is 30.3 Å². The van der Waals surface area contributed by atoms with Gasteiger partial charge in [-0.2, -0.15) is 4.98 Å². The number of hydrogen-bond acceptors (Lipinski definition) is 6. The first-order valence-electron chi connectivity index (χ1n) is 11.6. The maximum absolute atomic E-state index is 12.8. The number of rotatable bonds is 3. The average molecular weight is 446 g/mol. The Bertz CT molecular complexity index is 1130. The second-order valence-corrected chi connectivity index (χ2v) is 8.92. The molecule has 8 heteroatoms. The van der Waals surface area contributed by atoms with Gasteiger partial charge in [-0.25, -0.2) is 9.78 Å². The predicted octanol–water partition coefficient (Wildman–Crippen LogP) is 3.04. The smallest absolute Gasteiger partial charge is 0.321 e. The lowest BCUT2D eigenvalue weighted by Crippen LogP contribution is -2.50. The van der Waals surface area contributed by atoms with Crippen LogP contribution in [0.4, 0.5) is 22.2 Å². The molecule has 2 saturated heterocycles. The zero-order chi connectivity index (χ0) is 22.8. The fraction of sp³-hybridized carbons (Fsp3) is 0.400. The van der Waals surface area contributed by atoms with Gasteiger partial charge in [0.05, 0.1) is 0 Å². The Labute approximate surface area is 194 Å². The van der Waals surface area contributed by atoms with Crippen molar-refractivity contribution in [3.05, 3.63) is 54.2 Å². The zero-order valence-corrected chi connectivity index (χ0v) is 19.4. The van der Waals surface area contributed by atoms with E-state index in [9.17, 15) is 4.79 Å². The summed E-state index contributed by atoms with van der Waals surface area (Å²) in [5.41, 5.74) is 1.80. The molecule has 0 unspecified atom stereocenters. The molecule has 0 radical (unpaired) electrons. The number of amides is 2. The number of aromatic nitrogens is 2. The van der Waals surface area contributed by atoms with Crippen LogP contribution in [0.3, 0.4) is 0 Å². The molecule has 8 nitrogen and oxygen atoms in total. The van der Waals surface area contributed by atoms with Crippen LogP contribution in [0.25, 0.3) is 10.8 Å². The summed E-state index contributed by atoms with van der Waals surface area (Å²) >= 11 is 0. The van der Waals surface area contributed by atoms with E-state index in [1.54, 1.807) is 0 Å². The minimum Gasteiger partial charge on any atom is -0.354 e. The van der Waals surface area contributed by atoms with Crippen molar-refractivity contribution in [2.75, 3.05) is 74.5 Å². The molecule has 33 heavy (non-hydrogen) atoms. The SMILES string of the molecule is Cc1cc(N2CCN(C)CC2)nc(N2CCN(C(=O)Nc3ccc4ccccc4c3)CC2)n1. The van der Waals surface area contributed by atoms with Crippen molar-refractivity contribution in [3.63, 3.8) is 0 Å². The second-order valence-electron chi connectivity index (χ2n) is 8.92. The first-order chi connectivity index (χ1) is 16.0. The van der Waals surface area contributed by atoms with Crippen molar-refractivity contribution in [2.24, 2.45) is 0 Å². The number of piperazine rings is 2. The molecular weight excluding hydrogens is 414 g/mol. The number of nitrogens with one attached hydrogen (secondary N) is 1. The van der Waals surface area contributed by atoms with Gasteiger partial charge in [0.25, 0.3) is 0 Å². The standard InChI is InChI=1S/C25H31N7O/c1-19-17-23(30-11-9-29(2)10-12-30)28-24(26-19)31-13-15-32(16-14-31)25(33)27-22-8-7-20-5-3-4-6-21(20)18-22/h3-8,17-18H,9-16H2,1-2H3,(H,27,33). The average Bonchev–Trinajstić information content (AvgIpc) is 2.84. The second kappa shape index (κ2) is 9.23. The van der Waals surface area contributed by atoms with Crippen molar-refractivity contribution in [1.29, 1.82) is 0 Å². The first kappa shape index (κ1) is 21.5. The maximum Gasteiger partial charge on any atom is 0.321 e. The number of carbonyl (C=O) groups is 1. The molecule has 0 saturated carbocycles. The third kappa shape index (κ3) is 4.85. The molecule has 5 rings (SSSR count). The normalized spacial score (nSPS) is 17.5. The van der Waals surface area contributed by atoms with E-state index in [1.165, 1.54) is 5.39 Å². The van der Waals surface area contributed by atoms with Gasteiger partial charge >= 0.3 is 6.03 Å². The maximum atomic E-state index is 12.8. The number of aryl methyl sites for hydroxylation is 1. The number of urea groups is 1. The highest BCUT2D eigenvalue weighted by molar-refractivity contribution is 5.93. The summed E-state index contributed by atoms with van der Waals surface area (Å²) < 4.78 is 0. The predicted molar refractivity (Wildman–Crippen MR) is 133 cm³/mol. The highest BCUT2D eigenvalue weighted by atomic mass is 16.2. The molecule has 0 spiro atoms. The molecule has 2 aliphatic heterocycles. The number of likely N-dealkylation sites (N-methyl/N-ethyl adjacent to an activating group) is 1. The molecule has 172 valence electrons. The third-order valence-electron chi connectivity index (χ3n) is 6.51. The molecule has 0 atom stereocenters. The quantitative estimate of drug-likeness (QED) is 0.669. The minimum absolute atomic E-state index is 0.0618. The monoisotopic (exact) mass is 445 g/mol. The minimum atomic E-state index is -0.0618. The Morgan fingerprint density at radius 2 is 1.52 bits per heavy atom. The highest BCUT2D eigenvalue weighted by Gasteiger charge is 2.24. The Morgan fingerprint density at radius 1 is 0.818 bits per heavy atom. The molecule has 3 aromatic rings. The molecule has 0 aliphatic carbocycles. The van der Waals surface area contributed by atoms with Crippen molar-refractivity contribution in [1.82, 2.24) is 19.8 Å². The highest BCUT2D eigenvalue weighted by Crippen LogP contribution is 2.21. The van der Waals surface area contributed by atoms with E-state index in [4.69, 9.17) is 9.97 Å². The van der Waals surface area contributed by atoms with Gasteiger partial charge in [0.2, 0.25) is 5.95 Å². The Morgan fingerprint density at radius 3 is 2.27 bits per heavy atom. The summed E-state index contributed by atoms with van der Waals surface area (Å²) in [6.45, 7) is 8.80. The van der Waals surface area contributed by atoms with Gasteiger partial charge in [0.1, 0.15) is 5.82 Å². The Hall–Kier alpha value is -3.39. The first-order valence-corrected chi connectivity index (χ1v) is 11.6. The van der Waals surface area contributed by atoms with E-state index >= 15 is 0 Å². The fourth-order valence-electron chi connectivity index (χ4n) is 4.45. The molecule has 1 aromatic heterocycles. The van der Waals surface area contributed by atoms with Gasteiger partial charge < -0.3 is 24.9 Å². The van der Waals surface area contributed by atoms with Crippen molar-refractivity contribution >= 4 is 34.3 Å². The molecule has 1 N–H and O–H groups in total. The summed E-state index contributed by atoms with van der Waals surface area (Å²) in [6.07, 6.45) is 0. The van der Waals surface area contributed by atoms with E-state index in [1.807, 2.05) is 42.2 Å². The van der Waals surface area contributed by atoms with E-state index in [2.05, 4.69) is 45.3 Å². The summed E-state index contributed by atoms with van der Waals surface area (Å²) in [5, 5.41) is 5.33. The third-order valence-corrected chi connectivity index (χ3v) is 6.51. The number of fused-ring (bicyclic) bond motifs is 1. The summed E-state index contributed by atoms with van der Waals surface area (Å²) in [6, 6.07) is 16.2. The van der Waals surface area contributed by atoms with E-state index < -0.39 is 0 Å². The topological polar surface area (TPSA) is 67.8 Å². The van der Waals surface area contributed by atoms with E-state index in [0.29, 0.717) is 13.1 Å². The number of benzene rings is 2. The van der Waals surface area contributed by atoms with E-state index in [-0.39, 0.29) is 6.03 Å². The Balaban J connectivity index is 1.21. The van der Waals surface area contributed by atoms with Crippen LogP contribution < -0.4 is 15.1 Å². The summed E-state index contributed by atoms with van der Waals surface area (Å²) in [5.74, 6) is 1.76. The van der Waals surface area contributed by atoms with Crippen molar-refractivity contribution in [2.45, 2.75) is 6.92 Å². The lowest BCUT2D eigenvalue weighted by atomic mass is 10.1. The van der Waals surface area contributed by atoms with Gasteiger partial charge in [-0.15, -0.1) is 0 Å².